The monoisotopic (exact) mass is 308 g/mol. The molecule has 0 spiro atoms. The molecule has 0 saturated heterocycles. The van der Waals surface area contributed by atoms with Gasteiger partial charge in [-0.25, -0.2) is 4.79 Å². The van der Waals surface area contributed by atoms with E-state index in [0.717, 1.165) is 0 Å². The van der Waals surface area contributed by atoms with E-state index in [0.29, 0.717) is 0 Å². The van der Waals surface area contributed by atoms with Crippen LogP contribution in [-0.4, -0.2) is 26.6 Å². The molecule has 2 rings (SSSR count). The van der Waals surface area contributed by atoms with E-state index < -0.39 is 16.1 Å². The molecule has 6 nitrogen and oxygen atoms in total. The van der Waals surface area contributed by atoms with E-state index in [1.54, 1.807) is 6.07 Å². The lowest BCUT2D eigenvalue weighted by molar-refractivity contribution is 0.0694. The van der Waals surface area contributed by atoms with Gasteiger partial charge in [0.2, 0.25) is 0 Å². The van der Waals surface area contributed by atoms with Gasteiger partial charge in [-0.3, -0.25) is 0 Å². The predicted molar refractivity (Wildman–Crippen MR) is 74.2 cm³/mol. The molecule has 0 amide bonds. The normalized spacial score (nSPS) is 10.9. The summed E-state index contributed by atoms with van der Waals surface area (Å²) in [5.41, 5.74) is -0.297. The summed E-state index contributed by atoms with van der Waals surface area (Å²) >= 11 is 0. The number of methoxy groups -OCH3 is 1. The molecule has 0 aliphatic rings. The minimum atomic E-state index is -4.15. The van der Waals surface area contributed by atoms with Crippen LogP contribution in [0.15, 0.2) is 53.4 Å². The highest BCUT2D eigenvalue weighted by molar-refractivity contribution is 7.87. The fraction of sp³-hybridized carbons (Fsp3) is 0.0714. The molecule has 21 heavy (non-hydrogen) atoms. The summed E-state index contributed by atoms with van der Waals surface area (Å²) in [5.74, 6) is -1.64. The molecule has 0 aliphatic carbocycles. The first-order valence-corrected chi connectivity index (χ1v) is 7.26. The maximum Gasteiger partial charge on any atom is 0.339 e. The van der Waals surface area contributed by atoms with Gasteiger partial charge in [0.05, 0.1) is 7.11 Å². The molecule has 7 heteroatoms. The lowest BCUT2D eigenvalue weighted by Crippen LogP contribution is -2.13. The fourth-order valence-corrected chi connectivity index (χ4v) is 2.65. The molecule has 0 heterocycles. The molecule has 2 aromatic carbocycles. The van der Waals surface area contributed by atoms with Gasteiger partial charge >= 0.3 is 16.1 Å². The zero-order valence-corrected chi connectivity index (χ0v) is 11.8. The summed E-state index contributed by atoms with van der Waals surface area (Å²) in [5, 5.41) is 9.12. The number of aromatic carboxylic acids is 1. The maximum absolute atomic E-state index is 12.2. The number of carboxylic acids is 1. The van der Waals surface area contributed by atoms with Crippen LogP contribution in [0, 0.1) is 0 Å². The molecular formula is C14H12O6S. The minimum Gasteiger partial charge on any atom is -0.493 e. The number of rotatable bonds is 5. The highest BCUT2D eigenvalue weighted by atomic mass is 32.2. The summed E-state index contributed by atoms with van der Waals surface area (Å²) in [6.07, 6.45) is 0. The van der Waals surface area contributed by atoms with Crippen molar-refractivity contribution >= 4 is 16.1 Å². The molecular weight excluding hydrogens is 296 g/mol. The fourth-order valence-electron chi connectivity index (χ4n) is 1.68. The summed E-state index contributed by atoms with van der Waals surface area (Å²) < 4.78 is 34.3. The molecule has 0 unspecified atom stereocenters. The molecule has 1 N–H and O–H groups in total. The molecule has 0 aliphatic heterocycles. The zero-order valence-electron chi connectivity index (χ0n) is 11.0. The summed E-state index contributed by atoms with van der Waals surface area (Å²) in [4.78, 5) is 11.1. The molecule has 0 radical (unpaired) electrons. The van der Waals surface area contributed by atoms with Crippen LogP contribution >= 0.6 is 0 Å². The topological polar surface area (TPSA) is 89.9 Å². The molecule has 0 saturated carbocycles. The van der Waals surface area contributed by atoms with E-state index >= 15 is 0 Å². The number of carbonyl (C=O) groups is 1. The lowest BCUT2D eigenvalue weighted by Gasteiger charge is -2.12. The van der Waals surface area contributed by atoms with Crippen molar-refractivity contribution in [3.8, 4) is 11.5 Å². The van der Waals surface area contributed by atoms with E-state index in [1.807, 2.05) is 0 Å². The minimum absolute atomic E-state index is 0.0226. The summed E-state index contributed by atoms with van der Waals surface area (Å²) in [6.45, 7) is 0. The van der Waals surface area contributed by atoms with Crippen molar-refractivity contribution in [2.24, 2.45) is 0 Å². The first-order chi connectivity index (χ1) is 9.95. The van der Waals surface area contributed by atoms with Gasteiger partial charge in [-0.1, -0.05) is 24.3 Å². The molecule has 0 bridgehead atoms. The molecule has 0 atom stereocenters. The van der Waals surface area contributed by atoms with Crippen LogP contribution in [-0.2, 0) is 10.1 Å². The van der Waals surface area contributed by atoms with Gasteiger partial charge in [0.25, 0.3) is 0 Å². The average molecular weight is 308 g/mol. The van der Waals surface area contributed by atoms with Crippen LogP contribution in [0.25, 0.3) is 0 Å². The Bertz CT molecular complexity index is 752. The van der Waals surface area contributed by atoms with Crippen molar-refractivity contribution in [2.45, 2.75) is 4.90 Å². The number of hydrogen-bond acceptors (Lipinski definition) is 5. The third kappa shape index (κ3) is 3.14. The SMILES string of the molecule is COc1cccc(C(=O)O)c1OS(=O)(=O)c1ccccc1. The lowest BCUT2D eigenvalue weighted by atomic mass is 10.2. The number of hydrogen-bond donors (Lipinski definition) is 1. The molecule has 0 aromatic heterocycles. The maximum atomic E-state index is 12.2. The average Bonchev–Trinajstić information content (AvgIpc) is 2.47. The van der Waals surface area contributed by atoms with Crippen molar-refractivity contribution in [1.82, 2.24) is 0 Å². The van der Waals surface area contributed by atoms with Gasteiger partial charge in [-0.2, -0.15) is 8.42 Å². The summed E-state index contributed by atoms with van der Waals surface area (Å²) in [6, 6.07) is 11.5. The van der Waals surface area contributed by atoms with E-state index in [1.165, 1.54) is 49.6 Å². The first kappa shape index (κ1) is 14.9. The standard InChI is InChI=1S/C14H12O6S/c1-19-12-9-5-8-11(14(15)16)13(12)20-21(17,18)10-6-3-2-4-7-10/h2-9H,1H3,(H,15,16). The van der Waals surface area contributed by atoms with Crippen LogP contribution in [0.4, 0.5) is 0 Å². The highest BCUT2D eigenvalue weighted by Crippen LogP contribution is 2.33. The number of benzene rings is 2. The second kappa shape index (κ2) is 5.84. The van der Waals surface area contributed by atoms with Crippen molar-refractivity contribution in [3.63, 3.8) is 0 Å². The van der Waals surface area contributed by atoms with E-state index in [9.17, 15) is 13.2 Å². The van der Waals surface area contributed by atoms with E-state index in [2.05, 4.69) is 0 Å². The smallest absolute Gasteiger partial charge is 0.339 e. The Kier molecular flexibility index (Phi) is 4.13. The Balaban J connectivity index is 2.51. The van der Waals surface area contributed by atoms with Crippen molar-refractivity contribution in [3.05, 3.63) is 54.1 Å². The van der Waals surface area contributed by atoms with Crippen LogP contribution in [0.2, 0.25) is 0 Å². The van der Waals surface area contributed by atoms with Gasteiger partial charge in [-0.15, -0.1) is 0 Å². The Morgan fingerprint density at radius 1 is 1.05 bits per heavy atom. The second-order valence-electron chi connectivity index (χ2n) is 3.99. The Morgan fingerprint density at radius 2 is 1.71 bits per heavy atom. The highest BCUT2D eigenvalue weighted by Gasteiger charge is 2.24. The van der Waals surface area contributed by atoms with Crippen LogP contribution in [0.1, 0.15) is 10.4 Å². The van der Waals surface area contributed by atoms with Crippen LogP contribution in [0.5, 0.6) is 11.5 Å². The van der Waals surface area contributed by atoms with Crippen LogP contribution < -0.4 is 8.92 Å². The van der Waals surface area contributed by atoms with E-state index in [4.69, 9.17) is 14.0 Å². The van der Waals surface area contributed by atoms with Gasteiger partial charge in [-0.05, 0) is 24.3 Å². The Hall–Kier alpha value is -2.54. The van der Waals surface area contributed by atoms with Gasteiger partial charge in [0, 0.05) is 0 Å². The van der Waals surface area contributed by atoms with Crippen LogP contribution in [0.3, 0.4) is 0 Å². The van der Waals surface area contributed by atoms with E-state index in [-0.39, 0.29) is 22.0 Å². The van der Waals surface area contributed by atoms with Gasteiger partial charge in [0.15, 0.2) is 11.5 Å². The van der Waals surface area contributed by atoms with Crippen molar-refractivity contribution in [2.75, 3.05) is 7.11 Å². The predicted octanol–water partition coefficient (Wildman–Crippen LogP) is 2.16. The third-order valence-electron chi connectivity index (χ3n) is 2.65. The third-order valence-corrected chi connectivity index (χ3v) is 3.89. The molecule has 110 valence electrons. The molecule has 2 aromatic rings. The summed E-state index contributed by atoms with van der Waals surface area (Å²) in [7, 11) is -2.85. The number of ether oxygens (including phenoxy) is 1. The van der Waals surface area contributed by atoms with Gasteiger partial charge in [0.1, 0.15) is 10.5 Å². The second-order valence-corrected chi connectivity index (χ2v) is 5.54. The zero-order chi connectivity index (χ0) is 15.5. The molecule has 0 fully saturated rings. The number of carboxylic acid groups (broad SMARTS) is 1. The van der Waals surface area contributed by atoms with Crippen molar-refractivity contribution in [1.29, 1.82) is 0 Å². The number of para-hydroxylation sites is 1. The quantitative estimate of drug-likeness (QED) is 0.851. The van der Waals surface area contributed by atoms with Crippen molar-refractivity contribution < 1.29 is 27.2 Å². The largest absolute Gasteiger partial charge is 0.493 e. The Labute approximate surface area is 121 Å². The Morgan fingerprint density at radius 3 is 2.29 bits per heavy atom. The van der Waals surface area contributed by atoms with Gasteiger partial charge < -0.3 is 14.0 Å². The first-order valence-electron chi connectivity index (χ1n) is 5.85.